The Labute approximate surface area is 107 Å². The van der Waals surface area contributed by atoms with Gasteiger partial charge in [-0.15, -0.1) is 0 Å². The van der Waals surface area contributed by atoms with Gasteiger partial charge in [-0.05, 0) is 41.9 Å². The molecule has 0 fully saturated rings. The Morgan fingerprint density at radius 1 is 1.41 bits per heavy atom. The minimum Gasteiger partial charge on any atom is -0.444 e. The Morgan fingerprint density at radius 3 is 2.76 bits per heavy atom. The fourth-order valence-electron chi connectivity index (χ4n) is 1.45. The van der Waals surface area contributed by atoms with Crippen molar-refractivity contribution in [3.05, 3.63) is 45.8 Å². The van der Waals surface area contributed by atoms with E-state index >= 15 is 0 Å². The molecule has 2 aromatic rings. The van der Waals surface area contributed by atoms with Crippen molar-refractivity contribution in [2.24, 2.45) is 0 Å². The van der Waals surface area contributed by atoms with Crippen molar-refractivity contribution in [3.8, 4) is 0 Å². The van der Waals surface area contributed by atoms with E-state index in [0.717, 1.165) is 11.5 Å². The number of anilines is 1. The predicted octanol–water partition coefficient (Wildman–Crippen LogP) is 3.81. The van der Waals surface area contributed by atoms with Gasteiger partial charge in [0.25, 0.3) is 0 Å². The van der Waals surface area contributed by atoms with E-state index in [4.69, 9.17) is 4.42 Å². The van der Waals surface area contributed by atoms with Gasteiger partial charge in [0.15, 0.2) is 0 Å². The van der Waals surface area contributed by atoms with Gasteiger partial charge in [0.05, 0.1) is 17.9 Å². The second-order valence-corrected chi connectivity index (χ2v) is 4.55. The van der Waals surface area contributed by atoms with Gasteiger partial charge in [-0.1, -0.05) is 6.07 Å². The summed E-state index contributed by atoms with van der Waals surface area (Å²) >= 11 is 3.29. The number of hydrogen-bond donors (Lipinski definition) is 1. The second-order valence-electron chi connectivity index (χ2n) is 3.70. The highest BCUT2D eigenvalue weighted by Gasteiger charge is 2.09. The zero-order valence-electron chi connectivity index (χ0n) is 9.55. The number of nitrogens with zero attached hydrogens (tertiary/aromatic N) is 1. The van der Waals surface area contributed by atoms with Crippen LogP contribution >= 0.6 is 15.9 Å². The summed E-state index contributed by atoms with van der Waals surface area (Å²) < 4.78 is 19.6. The van der Waals surface area contributed by atoms with Gasteiger partial charge in [0.1, 0.15) is 11.6 Å². The van der Waals surface area contributed by atoms with Crippen LogP contribution in [0.2, 0.25) is 0 Å². The number of benzene rings is 1. The van der Waals surface area contributed by atoms with Crippen molar-refractivity contribution in [2.45, 2.75) is 20.4 Å². The van der Waals surface area contributed by atoms with E-state index in [-0.39, 0.29) is 5.82 Å². The van der Waals surface area contributed by atoms with E-state index in [9.17, 15) is 4.39 Å². The van der Waals surface area contributed by atoms with Gasteiger partial charge in [0.2, 0.25) is 5.89 Å². The first-order chi connectivity index (χ1) is 8.08. The molecule has 0 amide bonds. The standard InChI is InChI=1S/C12H12BrFN2O/c1-7-8(2)17-11(16-7)6-15-12-9(13)4-3-5-10(12)14/h3-5,15H,6H2,1-2H3. The fraction of sp³-hybridized carbons (Fsp3) is 0.250. The van der Waals surface area contributed by atoms with Crippen molar-refractivity contribution in [1.82, 2.24) is 4.98 Å². The van der Waals surface area contributed by atoms with Gasteiger partial charge in [-0.2, -0.15) is 0 Å². The van der Waals surface area contributed by atoms with E-state index in [1.165, 1.54) is 6.07 Å². The maximum atomic E-state index is 13.5. The zero-order chi connectivity index (χ0) is 12.4. The maximum Gasteiger partial charge on any atom is 0.213 e. The molecule has 0 atom stereocenters. The Balaban J connectivity index is 2.12. The lowest BCUT2D eigenvalue weighted by molar-refractivity contribution is 0.477. The van der Waals surface area contributed by atoms with Gasteiger partial charge < -0.3 is 9.73 Å². The molecule has 1 aromatic heterocycles. The molecule has 0 spiro atoms. The SMILES string of the molecule is Cc1nc(CNc2c(F)cccc2Br)oc1C. The Kier molecular flexibility index (Phi) is 3.47. The van der Waals surface area contributed by atoms with Crippen LogP contribution in [0.1, 0.15) is 17.3 Å². The summed E-state index contributed by atoms with van der Waals surface area (Å²) in [6, 6.07) is 4.82. The summed E-state index contributed by atoms with van der Waals surface area (Å²) in [5.41, 5.74) is 1.27. The molecule has 0 saturated carbocycles. The molecule has 0 saturated heterocycles. The molecule has 1 aromatic carbocycles. The largest absolute Gasteiger partial charge is 0.444 e. The van der Waals surface area contributed by atoms with E-state index in [1.54, 1.807) is 12.1 Å². The minimum absolute atomic E-state index is 0.306. The average Bonchev–Trinajstić information content (AvgIpc) is 2.58. The summed E-state index contributed by atoms with van der Waals surface area (Å²) in [6.45, 7) is 4.08. The highest BCUT2D eigenvalue weighted by atomic mass is 79.9. The zero-order valence-corrected chi connectivity index (χ0v) is 11.1. The number of para-hydroxylation sites is 1. The highest BCUT2D eigenvalue weighted by Crippen LogP contribution is 2.25. The molecule has 2 rings (SSSR count). The Morgan fingerprint density at radius 2 is 2.18 bits per heavy atom. The van der Waals surface area contributed by atoms with Crippen LogP contribution in [0.4, 0.5) is 10.1 Å². The van der Waals surface area contributed by atoms with E-state index < -0.39 is 0 Å². The number of halogens is 2. The van der Waals surface area contributed by atoms with Gasteiger partial charge in [0, 0.05) is 4.47 Å². The molecule has 3 nitrogen and oxygen atoms in total. The lowest BCUT2D eigenvalue weighted by atomic mass is 10.3. The fourth-order valence-corrected chi connectivity index (χ4v) is 1.93. The monoisotopic (exact) mass is 298 g/mol. The summed E-state index contributed by atoms with van der Waals surface area (Å²) in [5.74, 6) is 1.03. The molecule has 0 aliphatic rings. The first-order valence-electron chi connectivity index (χ1n) is 5.18. The molecule has 0 unspecified atom stereocenters. The highest BCUT2D eigenvalue weighted by molar-refractivity contribution is 9.10. The average molecular weight is 299 g/mol. The molecule has 17 heavy (non-hydrogen) atoms. The number of aryl methyl sites for hydroxylation is 2. The van der Waals surface area contributed by atoms with Crippen molar-refractivity contribution in [3.63, 3.8) is 0 Å². The summed E-state index contributed by atoms with van der Waals surface area (Å²) in [6.07, 6.45) is 0. The number of nitrogens with one attached hydrogen (secondary N) is 1. The molecule has 5 heteroatoms. The van der Waals surface area contributed by atoms with Crippen LogP contribution in [0, 0.1) is 19.7 Å². The third-order valence-corrected chi connectivity index (χ3v) is 3.11. The normalized spacial score (nSPS) is 10.6. The van der Waals surface area contributed by atoms with Gasteiger partial charge in [-0.3, -0.25) is 0 Å². The molecule has 1 heterocycles. The molecule has 90 valence electrons. The third-order valence-electron chi connectivity index (χ3n) is 2.45. The van der Waals surface area contributed by atoms with Crippen molar-refractivity contribution in [1.29, 1.82) is 0 Å². The minimum atomic E-state index is -0.306. The third kappa shape index (κ3) is 2.66. The van der Waals surface area contributed by atoms with Crippen LogP contribution in [0.5, 0.6) is 0 Å². The quantitative estimate of drug-likeness (QED) is 0.936. The van der Waals surface area contributed by atoms with E-state index in [2.05, 4.69) is 26.2 Å². The van der Waals surface area contributed by atoms with Crippen molar-refractivity contribution < 1.29 is 8.81 Å². The molecule has 0 bridgehead atoms. The number of rotatable bonds is 3. The van der Waals surface area contributed by atoms with Crippen LogP contribution in [0.15, 0.2) is 27.1 Å². The van der Waals surface area contributed by atoms with Crippen LogP contribution in [0.3, 0.4) is 0 Å². The number of oxazole rings is 1. The first-order valence-corrected chi connectivity index (χ1v) is 5.98. The van der Waals surface area contributed by atoms with E-state index in [1.807, 2.05) is 13.8 Å². The van der Waals surface area contributed by atoms with Crippen LogP contribution in [0.25, 0.3) is 0 Å². The van der Waals surface area contributed by atoms with Crippen LogP contribution < -0.4 is 5.32 Å². The van der Waals surface area contributed by atoms with Crippen molar-refractivity contribution >= 4 is 21.6 Å². The number of hydrogen-bond acceptors (Lipinski definition) is 3. The van der Waals surface area contributed by atoms with Gasteiger partial charge >= 0.3 is 0 Å². The summed E-state index contributed by atoms with van der Waals surface area (Å²) in [7, 11) is 0. The molecule has 0 radical (unpaired) electrons. The lowest BCUT2D eigenvalue weighted by Gasteiger charge is -2.07. The Bertz CT molecular complexity index is 500. The molecular formula is C12H12BrFN2O. The summed E-state index contributed by atoms with van der Waals surface area (Å²) in [4.78, 5) is 4.22. The van der Waals surface area contributed by atoms with Gasteiger partial charge in [-0.25, -0.2) is 9.37 Å². The molecule has 0 aliphatic heterocycles. The topological polar surface area (TPSA) is 38.1 Å². The maximum absolute atomic E-state index is 13.5. The van der Waals surface area contributed by atoms with Crippen LogP contribution in [-0.2, 0) is 6.54 Å². The number of aromatic nitrogens is 1. The Hall–Kier alpha value is -1.36. The van der Waals surface area contributed by atoms with E-state index in [0.29, 0.717) is 22.6 Å². The molecule has 0 aliphatic carbocycles. The first kappa shape index (κ1) is 12.1. The van der Waals surface area contributed by atoms with Crippen LogP contribution in [-0.4, -0.2) is 4.98 Å². The molecule has 1 N–H and O–H groups in total. The predicted molar refractivity (Wildman–Crippen MR) is 67.4 cm³/mol. The second kappa shape index (κ2) is 4.87. The molecular weight excluding hydrogens is 287 g/mol. The lowest BCUT2D eigenvalue weighted by Crippen LogP contribution is -2.02. The summed E-state index contributed by atoms with van der Waals surface area (Å²) in [5, 5.41) is 2.96. The smallest absolute Gasteiger partial charge is 0.213 e. The van der Waals surface area contributed by atoms with Crippen molar-refractivity contribution in [2.75, 3.05) is 5.32 Å².